The highest BCUT2D eigenvalue weighted by Crippen LogP contribution is 2.17. The number of amides is 1. The molecule has 1 aliphatic rings. The number of aromatic nitrogens is 2. The first-order chi connectivity index (χ1) is 9.83. The summed E-state index contributed by atoms with van der Waals surface area (Å²) in [5.74, 6) is 0.257. The molecule has 0 aliphatic carbocycles. The highest BCUT2D eigenvalue weighted by Gasteiger charge is 2.21. The van der Waals surface area contributed by atoms with Gasteiger partial charge in [0.2, 0.25) is 5.91 Å². The number of aromatic amines is 1. The molecule has 104 valence electrons. The Labute approximate surface area is 118 Å². The molecular weight excluding hydrogens is 250 g/mol. The molecule has 1 N–H and O–H groups in total. The van der Waals surface area contributed by atoms with Gasteiger partial charge in [0.1, 0.15) is 0 Å². The highest BCUT2D eigenvalue weighted by molar-refractivity contribution is 5.76. The number of H-pyrrole nitrogens is 1. The van der Waals surface area contributed by atoms with Crippen molar-refractivity contribution in [3.05, 3.63) is 53.3 Å². The van der Waals surface area contributed by atoms with Crippen LogP contribution in [0.3, 0.4) is 0 Å². The number of carbonyl (C=O) groups is 1. The molecule has 1 aliphatic heterocycles. The van der Waals surface area contributed by atoms with Crippen molar-refractivity contribution in [2.45, 2.75) is 32.2 Å². The molecule has 0 fully saturated rings. The lowest BCUT2D eigenvalue weighted by molar-refractivity contribution is -0.132. The van der Waals surface area contributed by atoms with Crippen LogP contribution in [-0.4, -0.2) is 27.5 Å². The summed E-state index contributed by atoms with van der Waals surface area (Å²) in [5.41, 5.74) is 3.64. The van der Waals surface area contributed by atoms with Crippen LogP contribution in [0.5, 0.6) is 0 Å². The Balaban J connectivity index is 1.48. The molecule has 1 aromatic heterocycles. The fourth-order valence-electron chi connectivity index (χ4n) is 2.68. The quantitative estimate of drug-likeness (QED) is 0.926. The van der Waals surface area contributed by atoms with Crippen LogP contribution >= 0.6 is 0 Å². The zero-order valence-electron chi connectivity index (χ0n) is 11.5. The molecule has 0 unspecified atom stereocenters. The van der Waals surface area contributed by atoms with Crippen molar-refractivity contribution in [2.24, 2.45) is 0 Å². The van der Waals surface area contributed by atoms with Gasteiger partial charge in [-0.2, -0.15) is 5.10 Å². The first kappa shape index (κ1) is 12.9. The van der Waals surface area contributed by atoms with Crippen LogP contribution in [0.2, 0.25) is 0 Å². The second-order valence-corrected chi connectivity index (χ2v) is 5.28. The Morgan fingerprint density at radius 3 is 3.00 bits per heavy atom. The molecule has 3 rings (SSSR count). The maximum absolute atomic E-state index is 12.2. The molecule has 1 amide bonds. The van der Waals surface area contributed by atoms with Crippen LogP contribution in [0.15, 0.2) is 36.5 Å². The molecule has 1 aromatic carbocycles. The van der Waals surface area contributed by atoms with E-state index in [1.54, 1.807) is 0 Å². The third kappa shape index (κ3) is 2.90. The third-order valence-electron chi connectivity index (χ3n) is 3.85. The molecule has 0 atom stereocenters. The summed E-state index contributed by atoms with van der Waals surface area (Å²) >= 11 is 0. The summed E-state index contributed by atoms with van der Waals surface area (Å²) < 4.78 is 0. The van der Waals surface area contributed by atoms with Crippen molar-refractivity contribution >= 4 is 5.91 Å². The second kappa shape index (κ2) is 5.90. The molecule has 2 aromatic rings. The van der Waals surface area contributed by atoms with Gasteiger partial charge in [0, 0.05) is 37.2 Å². The number of benzene rings is 1. The van der Waals surface area contributed by atoms with Crippen molar-refractivity contribution < 1.29 is 4.79 Å². The summed E-state index contributed by atoms with van der Waals surface area (Å²) in [4.78, 5) is 14.2. The van der Waals surface area contributed by atoms with Crippen molar-refractivity contribution in [3.8, 4) is 0 Å². The lowest BCUT2D eigenvalue weighted by Gasteiger charge is -2.26. The molecule has 20 heavy (non-hydrogen) atoms. The lowest BCUT2D eigenvalue weighted by Crippen LogP contribution is -2.35. The second-order valence-electron chi connectivity index (χ2n) is 5.28. The Hall–Kier alpha value is -2.10. The van der Waals surface area contributed by atoms with Crippen molar-refractivity contribution in [1.29, 1.82) is 0 Å². The van der Waals surface area contributed by atoms with Gasteiger partial charge in [-0.3, -0.25) is 9.89 Å². The van der Waals surface area contributed by atoms with Crippen molar-refractivity contribution in [3.63, 3.8) is 0 Å². The maximum Gasteiger partial charge on any atom is 0.222 e. The fraction of sp³-hybridized carbons (Fsp3) is 0.375. The molecule has 0 radical (unpaired) electrons. The molecule has 2 heterocycles. The van der Waals surface area contributed by atoms with E-state index in [-0.39, 0.29) is 5.91 Å². The predicted octanol–water partition coefficient (Wildman–Crippen LogP) is 2.32. The standard InChI is InChI=1S/C16H19N3O/c20-16(8-4-7-13-5-2-1-3-6-13)19-10-9-15-14(12-19)11-17-18-15/h1-3,5-6,11H,4,7-10,12H2,(H,17,18). The predicted molar refractivity (Wildman–Crippen MR) is 77.1 cm³/mol. The van der Waals surface area contributed by atoms with E-state index in [2.05, 4.69) is 22.3 Å². The number of hydrogen-bond donors (Lipinski definition) is 1. The van der Waals surface area contributed by atoms with Crippen LogP contribution in [0, 0.1) is 0 Å². The number of carbonyl (C=O) groups excluding carboxylic acids is 1. The van der Waals surface area contributed by atoms with Crippen molar-refractivity contribution in [1.82, 2.24) is 15.1 Å². The van der Waals surface area contributed by atoms with E-state index in [0.717, 1.165) is 31.4 Å². The molecule has 0 saturated carbocycles. The van der Waals surface area contributed by atoms with E-state index in [1.165, 1.54) is 11.3 Å². The smallest absolute Gasteiger partial charge is 0.222 e. The van der Waals surface area contributed by atoms with E-state index in [1.807, 2.05) is 29.3 Å². The van der Waals surface area contributed by atoms with E-state index >= 15 is 0 Å². The molecule has 0 spiro atoms. The minimum absolute atomic E-state index is 0.257. The van der Waals surface area contributed by atoms with E-state index in [9.17, 15) is 4.79 Å². The zero-order chi connectivity index (χ0) is 13.8. The van der Waals surface area contributed by atoms with Gasteiger partial charge < -0.3 is 4.90 Å². The molecular formula is C16H19N3O. The largest absolute Gasteiger partial charge is 0.338 e. The Bertz CT molecular complexity index is 576. The number of nitrogens with zero attached hydrogens (tertiary/aromatic N) is 2. The monoisotopic (exact) mass is 269 g/mol. The lowest BCUT2D eigenvalue weighted by atomic mass is 10.1. The first-order valence-electron chi connectivity index (χ1n) is 7.16. The van der Waals surface area contributed by atoms with Gasteiger partial charge in [-0.25, -0.2) is 0 Å². The molecule has 4 heteroatoms. The van der Waals surface area contributed by atoms with Crippen LogP contribution < -0.4 is 0 Å². The number of aryl methyl sites for hydroxylation is 1. The van der Waals surface area contributed by atoms with E-state index in [4.69, 9.17) is 0 Å². The fourth-order valence-corrected chi connectivity index (χ4v) is 2.68. The Morgan fingerprint density at radius 2 is 2.15 bits per heavy atom. The molecule has 0 saturated heterocycles. The number of nitrogens with one attached hydrogen (secondary N) is 1. The number of rotatable bonds is 4. The third-order valence-corrected chi connectivity index (χ3v) is 3.85. The van der Waals surface area contributed by atoms with Gasteiger partial charge in [0.25, 0.3) is 0 Å². The highest BCUT2D eigenvalue weighted by atomic mass is 16.2. The van der Waals surface area contributed by atoms with Gasteiger partial charge in [-0.15, -0.1) is 0 Å². The van der Waals surface area contributed by atoms with Crippen LogP contribution in [0.25, 0.3) is 0 Å². The van der Waals surface area contributed by atoms with Gasteiger partial charge >= 0.3 is 0 Å². The maximum atomic E-state index is 12.2. The van der Waals surface area contributed by atoms with Gasteiger partial charge in [-0.05, 0) is 18.4 Å². The molecule has 4 nitrogen and oxygen atoms in total. The summed E-state index contributed by atoms with van der Waals surface area (Å²) in [6, 6.07) is 10.3. The summed E-state index contributed by atoms with van der Waals surface area (Å²) in [6.45, 7) is 1.51. The van der Waals surface area contributed by atoms with Crippen LogP contribution in [0.1, 0.15) is 29.7 Å². The minimum Gasteiger partial charge on any atom is -0.338 e. The number of hydrogen-bond acceptors (Lipinski definition) is 2. The minimum atomic E-state index is 0.257. The normalized spacial score (nSPS) is 14.1. The van der Waals surface area contributed by atoms with Gasteiger partial charge in [0.15, 0.2) is 0 Å². The number of fused-ring (bicyclic) bond motifs is 1. The summed E-state index contributed by atoms with van der Waals surface area (Å²) in [7, 11) is 0. The van der Waals surface area contributed by atoms with Crippen LogP contribution in [-0.2, 0) is 24.2 Å². The average molecular weight is 269 g/mol. The van der Waals surface area contributed by atoms with Crippen molar-refractivity contribution in [2.75, 3.05) is 6.54 Å². The van der Waals surface area contributed by atoms with Gasteiger partial charge in [-0.1, -0.05) is 30.3 Å². The Kier molecular flexibility index (Phi) is 3.81. The topological polar surface area (TPSA) is 49.0 Å². The van der Waals surface area contributed by atoms with Crippen LogP contribution in [0.4, 0.5) is 0 Å². The summed E-state index contributed by atoms with van der Waals surface area (Å²) in [5, 5.41) is 7.03. The zero-order valence-corrected chi connectivity index (χ0v) is 11.5. The average Bonchev–Trinajstić information content (AvgIpc) is 2.95. The molecule has 0 bridgehead atoms. The first-order valence-corrected chi connectivity index (χ1v) is 7.16. The Morgan fingerprint density at radius 1 is 1.30 bits per heavy atom. The SMILES string of the molecule is O=C(CCCc1ccccc1)N1CCc2[nH]ncc2C1. The van der Waals surface area contributed by atoms with Gasteiger partial charge in [0.05, 0.1) is 6.20 Å². The summed E-state index contributed by atoms with van der Waals surface area (Å²) in [6.07, 6.45) is 5.23. The van der Waals surface area contributed by atoms with E-state index < -0.39 is 0 Å². The van der Waals surface area contributed by atoms with E-state index in [0.29, 0.717) is 13.0 Å².